The fourth-order valence-electron chi connectivity index (χ4n) is 3.72. The summed E-state index contributed by atoms with van der Waals surface area (Å²) in [5.41, 5.74) is 12.7. The molecule has 0 aliphatic rings. The van der Waals surface area contributed by atoms with Gasteiger partial charge in [0.25, 0.3) is 5.91 Å². The van der Waals surface area contributed by atoms with E-state index < -0.39 is 5.91 Å². The van der Waals surface area contributed by atoms with Crippen LogP contribution >= 0.6 is 0 Å². The Balaban J connectivity index is 2.85. The van der Waals surface area contributed by atoms with Crippen molar-refractivity contribution in [1.82, 2.24) is 9.38 Å². The highest BCUT2D eigenvalue weighted by Crippen LogP contribution is 2.28. The van der Waals surface area contributed by atoms with Crippen molar-refractivity contribution >= 4 is 33.7 Å². The Hall–Kier alpha value is -2.95. The summed E-state index contributed by atoms with van der Waals surface area (Å²) >= 11 is 0. The quantitative estimate of drug-likeness (QED) is 0.666. The molecule has 0 unspecified atom stereocenters. The molecule has 0 saturated heterocycles. The number of carbonyl (C=O) groups is 1. The molecule has 0 fully saturated rings. The predicted molar refractivity (Wildman–Crippen MR) is 111 cm³/mol. The Bertz CT molecular complexity index is 1240. The second-order valence-corrected chi connectivity index (χ2v) is 7.13. The van der Waals surface area contributed by atoms with Crippen molar-refractivity contribution in [3.05, 3.63) is 45.5 Å². The number of amides is 1. The molecule has 0 atom stereocenters. The van der Waals surface area contributed by atoms with Crippen LogP contribution in [-0.4, -0.2) is 20.4 Å². The Morgan fingerprint density at radius 2 is 1.96 bits per heavy atom. The van der Waals surface area contributed by atoms with Gasteiger partial charge in [-0.3, -0.25) is 9.20 Å². The summed E-state index contributed by atoms with van der Waals surface area (Å²) in [6.45, 7) is 12.2. The third-order valence-electron chi connectivity index (χ3n) is 5.58. The highest BCUT2D eigenvalue weighted by atomic mass is 16.3. The molecule has 0 radical (unpaired) electrons. The molecular formula is C22H27N3O2. The summed E-state index contributed by atoms with van der Waals surface area (Å²) in [6.07, 6.45) is 2.87. The van der Waals surface area contributed by atoms with Gasteiger partial charge in [-0.25, -0.2) is 0 Å². The average molecular weight is 365 g/mol. The number of nitrogens with zero attached hydrogens (tertiary/aromatic N) is 1. The van der Waals surface area contributed by atoms with E-state index in [0.717, 1.165) is 44.8 Å². The Labute approximate surface area is 158 Å². The molecule has 3 rings (SSSR count). The number of aromatic hydroxyl groups is 1. The lowest BCUT2D eigenvalue weighted by Crippen LogP contribution is -2.34. The molecule has 1 aromatic carbocycles. The van der Waals surface area contributed by atoms with E-state index in [1.54, 1.807) is 6.07 Å². The van der Waals surface area contributed by atoms with Crippen molar-refractivity contribution in [3.8, 4) is 5.75 Å². The second-order valence-electron chi connectivity index (χ2n) is 7.13. The molecular weight excluding hydrogens is 338 g/mol. The highest BCUT2D eigenvalue weighted by molar-refractivity contribution is 6.03. The van der Waals surface area contributed by atoms with Gasteiger partial charge in [0.1, 0.15) is 16.9 Å². The molecule has 0 saturated carbocycles. The fourth-order valence-corrected chi connectivity index (χ4v) is 3.72. The molecule has 27 heavy (non-hydrogen) atoms. The van der Waals surface area contributed by atoms with E-state index in [4.69, 9.17) is 5.73 Å². The summed E-state index contributed by atoms with van der Waals surface area (Å²) in [5.74, 6) is -0.327. The largest absolute Gasteiger partial charge is 0.506 e. The van der Waals surface area contributed by atoms with Crippen LogP contribution in [0.4, 0.5) is 0 Å². The minimum Gasteiger partial charge on any atom is -0.506 e. The molecule has 0 spiro atoms. The number of carbonyl (C=O) groups excluding carboxylic acids is 1. The zero-order valence-corrected chi connectivity index (χ0v) is 16.8. The molecule has 0 aliphatic carbocycles. The summed E-state index contributed by atoms with van der Waals surface area (Å²) in [5, 5.41) is 12.2. The Morgan fingerprint density at radius 1 is 1.30 bits per heavy atom. The molecule has 3 aromatic rings. The summed E-state index contributed by atoms with van der Waals surface area (Å²) in [4.78, 5) is 15.8. The third-order valence-corrected chi connectivity index (χ3v) is 5.58. The van der Waals surface area contributed by atoms with Gasteiger partial charge < -0.3 is 15.8 Å². The first kappa shape index (κ1) is 18.8. The molecule has 142 valence electrons. The number of phenolic OH excluding ortho intramolecular Hbond substituents is 1. The second kappa shape index (κ2) is 6.65. The van der Waals surface area contributed by atoms with Gasteiger partial charge in [-0.05, 0) is 63.8 Å². The third kappa shape index (κ3) is 2.65. The minimum atomic E-state index is -0.482. The number of allylic oxidation sites excluding steroid dienone is 2. The lowest BCUT2D eigenvalue weighted by molar-refractivity contribution is 0.100. The van der Waals surface area contributed by atoms with Gasteiger partial charge in [-0.1, -0.05) is 24.6 Å². The van der Waals surface area contributed by atoms with Crippen LogP contribution in [0.3, 0.4) is 0 Å². The monoisotopic (exact) mass is 365 g/mol. The number of imidazole rings is 1. The number of hydrogen-bond donors (Lipinski definition) is 3. The summed E-state index contributed by atoms with van der Waals surface area (Å²) in [6, 6.07) is 3.54. The Morgan fingerprint density at radius 3 is 2.52 bits per heavy atom. The van der Waals surface area contributed by atoms with Crippen LogP contribution in [0, 0.1) is 6.92 Å². The van der Waals surface area contributed by atoms with Crippen molar-refractivity contribution in [3.63, 3.8) is 0 Å². The van der Waals surface area contributed by atoms with E-state index in [2.05, 4.69) is 18.8 Å². The van der Waals surface area contributed by atoms with Crippen molar-refractivity contribution < 1.29 is 9.90 Å². The van der Waals surface area contributed by atoms with Crippen molar-refractivity contribution in [2.45, 2.75) is 48.0 Å². The number of primary amides is 1. The zero-order valence-electron chi connectivity index (χ0n) is 16.8. The first-order valence-electron chi connectivity index (χ1n) is 9.22. The van der Waals surface area contributed by atoms with Gasteiger partial charge in [0.15, 0.2) is 0 Å². The average Bonchev–Trinajstić information content (AvgIpc) is 3.17. The minimum absolute atomic E-state index is 0.154. The molecule has 2 heterocycles. The highest BCUT2D eigenvalue weighted by Gasteiger charge is 2.22. The SMILES string of the molecule is C/C=C(C)\C(C)=c1\c(C(N)=O)c2[nH]c3c(O)ccc(C)c3n2c1=C(C)CC. The number of nitrogens with one attached hydrogen (secondary N) is 1. The van der Waals surface area contributed by atoms with Gasteiger partial charge in [0, 0.05) is 5.22 Å². The standard InChI is InChI=1S/C22H27N3O2/c1-7-11(3)14(6)16-17(21(23)27)22-24-18-15(26)10-9-13(5)20(18)25(22)19(16)12(4)8-2/h7,9-10,24,26H,8H2,1-6H3,(H2,23,27)/b11-7-,16-14-,19-12?. The maximum Gasteiger partial charge on any atom is 0.253 e. The van der Waals surface area contributed by atoms with Crippen LogP contribution in [0.5, 0.6) is 5.75 Å². The number of nitrogens with two attached hydrogens (primary N) is 1. The van der Waals surface area contributed by atoms with Gasteiger partial charge in [0.2, 0.25) is 0 Å². The van der Waals surface area contributed by atoms with E-state index in [9.17, 15) is 9.90 Å². The van der Waals surface area contributed by atoms with Gasteiger partial charge in [-0.15, -0.1) is 0 Å². The van der Waals surface area contributed by atoms with E-state index in [1.165, 1.54) is 0 Å². The molecule has 2 aromatic heterocycles. The fraction of sp³-hybridized carbons (Fsp3) is 0.318. The van der Waals surface area contributed by atoms with Crippen LogP contribution in [-0.2, 0) is 0 Å². The first-order valence-corrected chi connectivity index (χ1v) is 9.22. The summed E-state index contributed by atoms with van der Waals surface area (Å²) < 4.78 is 2.05. The smallest absolute Gasteiger partial charge is 0.253 e. The number of fused-ring (bicyclic) bond motifs is 3. The van der Waals surface area contributed by atoms with Crippen LogP contribution in [0.1, 0.15) is 57.0 Å². The number of H-pyrrole nitrogens is 1. The number of phenols is 1. The van der Waals surface area contributed by atoms with E-state index in [0.29, 0.717) is 16.7 Å². The Kier molecular flexibility index (Phi) is 4.64. The number of aromatic amines is 1. The van der Waals surface area contributed by atoms with Crippen molar-refractivity contribution in [1.29, 1.82) is 0 Å². The maximum absolute atomic E-state index is 12.5. The maximum atomic E-state index is 12.5. The number of aromatic nitrogens is 2. The van der Waals surface area contributed by atoms with Crippen LogP contribution in [0.2, 0.25) is 0 Å². The topological polar surface area (TPSA) is 83.5 Å². The molecule has 1 amide bonds. The van der Waals surface area contributed by atoms with Crippen molar-refractivity contribution in [2.24, 2.45) is 5.73 Å². The van der Waals surface area contributed by atoms with Gasteiger partial charge in [-0.2, -0.15) is 0 Å². The molecule has 5 heteroatoms. The van der Waals surface area contributed by atoms with Crippen molar-refractivity contribution in [2.75, 3.05) is 0 Å². The molecule has 4 N–H and O–H groups in total. The number of aryl methyl sites for hydroxylation is 1. The lowest BCUT2D eigenvalue weighted by atomic mass is 10.0. The van der Waals surface area contributed by atoms with Crippen LogP contribution in [0.25, 0.3) is 27.8 Å². The number of hydrogen-bond acceptors (Lipinski definition) is 2. The molecule has 0 aliphatic heterocycles. The van der Waals surface area contributed by atoms with Crippen LogP contribution < -0.4 is 16.3 Å². The normalized spacial score (nSPS) is 14.8. The van der Waals surface area contributed by atoms with Gasteiger partial charge >= 0.3 is 0 Å². The predicted octanol–water partition coefficient (Wildman–Crippen LogP) is 3.25. The summed E-state index contributed by atoms with van der Waals surface area (Å²) in [7, 11) is 0. The van der Waals surface area contributed by atoms with Crippen LogP contribution in [0.15, 0.2) is 23.8 Å². The molecule has 5 nitrogen and oxygen atoms in total. The van der Waals surface area contributed by atoms with E-state index in [-0.39, 0.29) is 5.75 Å². The van der Waals surface area contributed by atoms with E-state index in [1.807, 2.05) is 44.2 Å². The first-order chi connectivity index (χ1) is 12.7. The number of rotatable bonds is 3. The van der Waals surface area contributed by atoms with E-state index >= 15 is 0 Å². The zero-order chi connectivity index (χ0) is 20.0. The molecule has 0 bridgehead atoms. The lowest BCUT2D eigenvalue weighted by Gasteiger charge is -2.05. The number of benzene rings is 1. The van der Waals surface area contributed by atoms with Gasteiger partial charge in [0.05, 0.1) is 16.4 Å².